The molecule has 0 aromatic carbocycles. The van der Waals surface area contributed by atoms with E-state index in [0.717, 1.165) is 20.6 Å². The number of thioether (sulfide) groups is 1. The summed E-state index contributed by atoms with van der Waals surface area (Å²) in [6.45, 7) is 0.997. The third-order valence-electron chi connectivity index (χ3n) is 0.996. The molecular formula is C5H9N3S3. The van der Waals surface area contributed by atoms with E-state index >= 15 is 0 Å². The number of hydrogen-bond acceptors (Lipinski definition) is 5. The summed E-state index contributed by atoms with van der Waals surface area (Å²) in [5, 5.41) is 9.81. The van der Waals surface area contributed by atoms with Crippen LogP contribution in [0.2, 0.25) is 0 Å². The molecule has 0 radical (unpaired) electrons. The summed E-state index contributed by atoms with van der Waals surface area (Å²) in [6, 6.07) is 0. The summed E-state index contributed by atoms with van der Waals surface area (Å²) in [7, 11) is 1.94. The zero-order valence-electron chi connectivity index (χ0n) is 6.09. The van der Waals surface area contributed by atoms with Gasteiger partial charge in [0.15, 0.2) is 8.29 Å². The highest BCUT2D eigenvalue weighted by molar-refractivity contribution is 8.01. The Morgan fingerprint density at radius 2 is 2.64 bits per heavy atom. The lowest BCUT2D eigenvalue weighted by atomic mass is 10.8. The minimum atomic E-state index is 0.747. The molecule has 2 N–H and O–H groups in total. The molecule has 0 amide bonds. The minimum absolute atomic E-state index is 0.747. The second-order valence-corrected chi connectivity index (χ2v) is 4.84. The van der Waals surface area contributed by atoms with Crippen LogP contribution in [-0.4, -0.2) is 29.5 Å². The Kier molecular flexibility index (Phi) is 4.06. The molecule has 0 atom stereocenters. The Bertz CT molecular complexity index is 253. The summed E-state index contributed by atoms with van der Waals surface area (Å²) in [5.74, 6) is 1.03. The minimum Gasteiger partial charge on any atom is -0.319 e. The quantitative estimate of drug-likeness (QED) is 0.446. The van der Waals surface area contributed by atoms with E-state index in [0.29, 0.717) is 0 Å². The van der Waals surface area contributed by atoms with E-state index in [1.54, 1.807) is 11.8 Å². The molecule has 1 rings (SSSR count). The Morgan fingerprint density at radius 1 is 1.82 bits per heavy atom. The molecule has 3 nitrogen and oxygen atoms in total. The van der Waals surface area contributed by atoms with Crippen molar-refractivity contribution < 1.29 is 0 Å². The van der Waals surface area contributed by atoms with Gasteiger partial charge in [0.2, 0.25) is 0 Å². The largest absolute Gasteiger partial charge is 0.319 e. The van der Waals surface area contributed by atoms with Crippen LogP contribution in [0.25, 0.3) is 0 Å². The molecule has 11 heavy (non-hydrogen) atoms. The fourth-order valence-corrected chi connectivity index (χ4v) is 2.63. The molecule has 0 aliphatic rings. The van der Waals surface area contributed by atoms with E-state index in [-0.39, 0.29) is 0 Å². The van der Waals surface area contributed by atoms with Crippen molar-refractivity contribution in [3.8, 4) is 0 Å². The first-order chi connectivity index (χ1) is 5.33. The van der Waals surface area contributed by atoms with Gasteiger partial charge in [-0.05, 0) is 19.3 Å². The second-order valence-electron chi connectivity index (χ2n) is 1.83. The van der Waals surface area contributed by atoms with Crippen LogP contribution in [-0.2, 0) is 0 Å². The molecule has 0 spiro atoms. The van der Waals surface area contributed by atoms with E-state index in [2.05, 4.69) is 15.5 Å². The predicted molar refractivity (Wildman–Crippen MR) is 51.9 cm³/mol. The van der Waals surface area contributed by atoms with Gasteiger partial charge in [0, 0.05) is 12.3 Å². The molecule has 0 aliphatic heterocycles. The number of nitrogens with zero attached hydrogens (tertiary/aromatic N) is 1. The van der Waals surface area contributed by atoms with Crippen molar-refractivity contribution in [3.05, 3.63) is 3.95 Å². The van der Waals surface area contributed by atoms with Gasteiger partial charge in [0.05, 0.1) is 0 Å². The first-order valence-electron chi connectivity index (χ1n) is 3.16. The summed E-state index contributed by atoms with van der Waals surface area (Å²) in [4.78, 5) is 0. The smallest absolute Gasteiger partial charge is 0.177 e. The average Bonchev–Trinajstić information content (AvgIpc) is 2.37. The van der Waals surface area contributed by atoms with Crippen molar-refractivity contribution in [2.75, 3.05) is 19.3 Å². The van der Waals surface area contributed by atoms with Gasteiger partial charge in [-0.25, -0.2) is 0 Å². The van der Waals surface area contributed by atoms with Crippen LogP contribution in [0, 0.1) is 3.95 Å². The third kappa shape index (κ3) is 3.33. The number of aromatic amines is 1. The van der Waals surface area contributed by atoms with Crippen molar-refractivity contribution in [2.45, 2.75) is 4.34 Å². The van der Waals surface area contributed by atoms with Crippen molar-refractivity contribution in [2.24, 2.45) is 0 Å². The van der Waals surface area contributed by atoms with Crippen LogP contribution in [0.3, 0.4) is 0 Å². The van der Waals surface area contributed by atoms with Gasteiger partial charge < -0.3 is 5.32 Å². The SMILES string of the molecule is CNCCSc1n[nH]c(=S)s1. The maximum atomic E-state index is 4.88. The summed E-state index contributed by atoms with van der Waals surface area (Å²) in [6.07, 6.45) is 0. The highest BCUT2D eigenvalue weighted by Gasteiger charge is 1.96. The van der Waals surface area contributed by atoms with E-state index in [9.17, 15) is 0 Å². The van der Waals surface area contributed by atoms with E-state index in [1.165, 1.54) is 11.3 Å². The van der Waals surface area contributed by atoms with Gasteiger partial charge in [0.1, 0.15) is 0 Å². The Balaban J connectivity index is 2.33. The fraction of sp³-hybridized carbons (Fsp3) is 0.600. The van der Waals surface area contributed by atoms with Crippen LogP contribution < -0.4 is 5.32 Å². The lowest BCUT2D eigenvalue weighted by molar-refractivity contribution is 0.870. The Hall–Kier alpha value is 0.0900. The molecule has 6 heteroatoms. The van der Waals surface area contributed by atoms with Crippen LogP contribution in [0.15, 0.2) is 4.34 Å². The van der Waals surface area contributed by atoms with Gasteiger partial charge >= 0.3 is 0 Å². The fourth-order valence-electron chi connectivity index (χ4n) is 0.518. The van der Waals surface area contributed by atoms with Crippen molar-refractivity contribution in [1.29, 1.82) is 0 Å². The van der Waals surface area contributed by atoms with Gasteiger partial charge in [-0.15, -0.1) is 0 Å². The van der Waals surface area contributed by atoms with E-state index < -0.39 is 0 Å². The van der Waals surface area contributed by atoms with Crippen LogP contribution in [0.5, 0.6) is 0 Å². The van der Waals surface area contributed by atoms with Gasteiger partial charge in [0.25, 0.3) is 0 Å². The van der Waals surface area contributed by atoms with E-state index in [4.69, 9.17) is 12.2 Å². The lowest BCUT2D eigenvalue weighted by Crippen LogP contribution is -2.09. The van der Waals surface area contributed by atoms with Gasteiger partial charge in [-0.1, -0.05) is 23.1 Å². The molecule has 0 unspecified atom stereocenters. The van der Waals surface area contributed by atoms with Crippen molar-refractivity contribution in [1.82, 2.24) is 15.5 Å². The van der Waals surface area contributed by atoms with Crippen LogP contribution >= 0.6 is 35.3 Å². The average molecular weight is 207 g/mol. The standard InChI is InChI=1S/C5H9N3S3/c1-6-2-3-10-5-8-7-4(9)11-5/h6H,2-3H2,1H3,(H,7,9). The molecular weight excluding hydrogens is 198 g/mol. The first-order valence-corrected chi connectivity index (χ1v) is 5.37. The highest BCUT2D eigenvalue weighted by atomic mass is 32.2. The molecule has 1 heterocycles. The highest BCUT2D eigenvalue weighted by Crippen LogP contribution is 2.18. The van der Waals surface area contributed by atoms with Gasteiger partial charge in [-0.3, -0.25) is 5.10 Å². The normalized spacial score (nSPS) is 10.3. The molecule has 0 saturated carbocycles. The molecule has 1 aromatic heterocycles. The van der Waals surface area contributed by atoms with Gasteiger partial charge in [-0.2, -0.15) is 5.10 Å². The molecule has 0 aliphatic carbocycles. The lowest BCUT2D eigenvalue weighted by Gasteiger charge is -1.93. The van der Waals surface area contributed by atoms with Crippen LogP contribution in [0.1, 0.15) is 0 Å². The maximum absolute atomic E-state index is 4.88. The number of H-pyrrole nitrogens is 1. The monoisotopic (exact) mass is 207 g/mol. The topological polar surface area (TPSA) is 40.7 Å². The molecule has 0 bridgehead atoms. The summed E-state index contributed by atoms with van der Waals surface area (Å²) < 4.78 is 1.77. The molecule has 1 aromatic rings. The first kappa shape index (κ1) is 9.18. The summed E-state index contributed by atoms with van der Waals surface area (Å²) in [5.41, 5.74) is 0. The third-order valence-corrected chi connectivity index (χ3v) is 3.23. The predicted octanol–water partition coefficient (Wildman–Crippen LogP) is 1.51. The maximum Gasteiger partial charge on any atom is 0.177 e. The van der Waals surface area contributed by atoms with E-state index in [1.807, 2.05) is 7.05 Å². The van der Waals surface area contributed by atoms with Crippen molar-refractivity contribution in [3.63, 3.8) is 0 Å². The second kappa shape index (κ2) is 4.87. The summed E-state index contributed by atoms with van der Waals surface area (Å²) >= 11 is 8.12. The number of nitrogens with one attached hydrogen (secondary N) is 2. The molecule has 0 fully saturated rings. The number of rotatable bonds is 4. The zero-order chi connectivity index (χ0) is 8.10. The Labute approximate surface area is 78.6 Å². The molecule has 0 saturated heterocycles. The van der Waals surface area contributed by atoms with Crippen molar-refractivity contribution >= 4 is 35.3 Å². The number of aromatic nitrogens is 2. The zero-order valence-corrected chi connectivity index (χ0v) is 8.54. The Morgan fingerprint density at radius 3 is 3.18 bits per heavy atom. The molecule has 62 valence electrons. The number of hydrogen-bond donors (Lipinski definition) is 2. The van der Waals surface area contributed by atoms with Crippen LogP contribution in [0.4, 0.5) is 0 Å².